The summed E-state index contributed by atoms with van der Waals surface area (Å²) < 4.78 is 4.80. The molecule has 0 spiro atoms. The quantitative estimate of drug-likeness (QED) is 0.428. The number of ether oxygens (including phenoxy) is 1. The first-order valence-electron chi connectivity index (χ1n) is 6.95. The maximum Gasteiger partial charge on any atom is 0.325 e. The number of thioether (sulfide) groups is 1. The first-order chi connectivity index (χ1) is 9.95. The van der Waals surface area contributed by atoms with E-state index < -0.39 is 5.54 Å². The summed E-state index contributed by atoms with van der Waals surface area (Å²) in [5, 5.41) is 3.57. The van der Waals surface area contributed by atoms with Crippen LogP contribution in [0.2, 0.25) is 0 Å². The zero-order valence-electron chi connectivity index (χ0n) is 13.0. The van der Waals surface area contributed by atoms with E-state index >= 15 is 0 Å². The lowest BCUT2D eigenvalue weighted by molar-refractivity contribution is -0.147. The zero-order chi connectivity index (χ0) is 15.9. The Labute approximate surface area is 129 Å². The Morgan fingerprint density at radius 1 is 1.57 bits per heavy atom. The molecule has 0 fully saturated rings. The molecule has 1 aromatic heterocycles. The fourth-order valence-electron chi connectivity index (χ4n) is 1.84. The molecule has 1 atom stereocenters. The molecule has 0 amide bonds. The molecule has 7 heteroatoms. The average molecular weight is 313 g/mol. The van der Waals surface area contributed by atoms with Crippen molar-refractivity contribution in [3.8, 4) is 0 Å². The summed E-state index contributed by atoms with van der Waals surface area (Å²) >= 11 is 1.43. The molecule has 1 rings (SSSR count). The van der Waals surface area contributed by atoms with Crippen molar-refractivity contribution in [3.63, 3.8) is 0 Å². The molecule has 1 heterocycles. The number of esters is 1. The highest BCUT2D eigenvalue weighted by molar-refractivity contribution is 7.99. The maximum absolute atomic E-state index is 11.7. The predicted octanol–water partition coefficient (Wildman–Crippen LogP) is 1.36. The van der Waals surface area contributed by atoms with E-state index in [2.05, 4.69) is 15.3 Å². The van der Waals surface area contributed by atoms with Crippen molar-refractivity contribution in [2.75, 3.05) is 19.9 Å². The normalized spacial score (nSPS) is 13.7. The first kappa shape index (κ1) is 17.7. The van der Waals surface area contributed by atoms with E-state index in [1.807, 2.05) is 6.92 Å². The smallest absolute Gasteiger partial charge is 0.325 e. The van der Waals surface area contributed by atoms with Crippen molar-refractivity contribution in [1.29, 1.82) is 0 Å². The van der Waals surface area contributed by atoms with Gasteiger partial charge in [0.05, 0.1) is 7.11 Å². The van der Waals surface area contributed by atoms with E-state index in [1.165, 1.54) is 24.9 Å². The van der Waals surface area contributed by atoms with Crippen molar-refractivity contribution in [3.05, 3.63) is 22.1 Å². The molecule has 2 N–H and O–H groups in total. The van der Waals surface area contributed by atoms with Gasteiger partial charge in [0, 0.05) is 17.5 Å². The SMILES string of the molecule is CCCc1cc(=O)[nH]c(SCCC(C)(NC)C(=O)OC)n1. The minimum Gasteiger partial charge on any atom is -0.468 e. The third kappa shape index (κ3) is 5.17. The molecule has 1 aromatic rings. The topological polar surface area (TPSA) is 84.1 Å². The molecule has 21 heavy (non-hydrogen) atoms. The second-order valence-corrected chi connectivity index (χ2v) is 6.05. The molecule has 6 nitrogen and oxygen atoms in total. The van der Waals surface area contributed by atoms with Gasteiger partial charge in [-0.15, -0.1) is 0 Å². The number of likely N-dealkylation sites (N-methyl/N-ethyl adjacent to an activating group) is 1. The molecular formula is C14H23N3O3S. The summed E-state index contributed by atoms with van der Waals surface area (Å²) in [6.45, 7) is 3.84. The zero-order valence-corrected chi connectivity index (χ0v) is 13.8. The van der Waals surface area contributed by atoms with Crippen LogP contribution in [0.25, 0.3) is 0 Å². The summed E-state index contributed by atoms with van der Waals surface area (Å²) in [7, 11) is 3.10. The highest BCUT2D eigenvalue weighted by atomic mass is 32.2. The largest absolute Gasteiger partial charge is 0.468 e. The van der Waals surface area contributed by atoms with Gasteiger partial charge < -0.3 is 15.0 Å². The highest BCUT2D eigenvalue weighted by Gasteiger charge is 2.32. The van der Waals surface area contributed by atoms with Crippen LogP contribution in [0.1, 0.15) is 32.4 Å². The predicted molar refractivity (Wildman–Crippen MR) is 83.7 cm³/mol. The van der Waals surface area contributed by atoms with Gasteiger partial charge in [0.25, 0.3) is 5.56 Å². The van der Waals surface area contributed by atoms with Crippen molar-refractivity contribution in [1.82, 2.24) is 15.3 Å². The van der Waals surface area contributed by atoms with Gasteiger partial charge in [-0.25, -0.2) is 4.98 Å². The molecule has 0 saturated heterocycles. The van der Waals surface area contributed by atoms with Crippen molar-refractivity contribution in [2.24, 2.45) is 0 Å². The number of H-pyrrole nitrogens is 1. The molecule has 0 bridgehead atoms. The van der Waals surface area contributed by atoms with Crippen LogP contribution in [0.3, 0.4) is 0 Å². The van der Waals surface area contributed by atoms with Crippen LogP contribution in [0.4, 0.5) is 0 Å². The number of carbonyl (C=O) groups excluding carboxylic acids is 1. The minimum absolute atomic E-state index is 0.139. The number of nitrogens with zero attached hydrogens (tertiary/aromatic N) is 1. The molecular weight excluding hydrogens is 290 g/mol. The first-order valence-corrected chi connectivity index (χ1v) is 7.94. The number of hydrogen-bond acceptors (Lipinski definition) is 6. The van der Waals surface area contributed by atoms with Gasteiger partial charge >= 0.3 is 5.97 Å². The Hall–Kier alpha value is -1.34. The lowest BCUT2D eigenvalue weighted by Gasteiger charge is -2.25. The summed E-state index contributed by atoms with van der Waals surface area (Å²) in [6, 6.07) is 1.53. The lowest BCUT2D eigenvalue weighted by atomic mass is 10.00. The maximum atomic E-state index is 11.7. The number of hydrogen-bond donors (Lipinski definition) is 2. The van der Waals surface area contributed by atoms with Crippen LogP contribution in [-0.4, -0.2) is 41.4 Å². The van der Waals surface area contributed by atoms with Crippen LogP contribution in [0, 0.1) is 0 Å². The number of methoxy groups -OCH3 is 1. The van der Waals surface area contributed by atoms with Gasteiger partial charge in [0.1, 0.15) is 5.54 Å². The van der Waals surface area contributed by atoms with E-state index in [0.29, 0.717) is 17.3 Å². The molecule has 0 aliphatic heterocycles. The van der Waals surface area contributed by atoms with Crippen LogP contribution in [-0.2, 0) is 16.0 Å². The molecule has 1 unspecified atom stereocenters. The fraction of sp³-hybridized carbons (Fsp3) is 0.643. The standard InChI is InChI=1S/C14H23N3O3S/c1-5-6-10-9-11(18)17-13(16-10)21-8-7-14(2,15-3)12(19)20-4/h9,15H,5-8H2,1-4H3,(H,16,17,18). The fourth-order valence-corrected chi connectivity index (χ4v) is 2.90. The summed E-state index contributed by atoms with van der Waals surface area (Å²) in [5.74, 6) is 0.345. The second kappa shape index (κ2) is 8.19. The average Bonchev–Trinajstić information content (AvgIpc) is 2.46. The van der Waals surface area contributed by atoms with E-state index in [0.717, 1.165) is 18.5 Å². The highest BCUT2D eigenvalue weighted by Crippen LogP contribution is 2.19. The Morgan fingerprint density at radius 3 is 2.86 bits per heavy atom. The van der Waals surface area contributed by atoms with Gasteiger partial charge in [0.2, 0.25) is 0 Å². The summed E-state index contributed by atoms with van der Waals surface area (Å²) in [4.78, 5) is 30.4. The molecule has 0 aliphatic carbocycles. The number of aryl methyl sites for hydroxylation is 1. The van der Waals surface area contributed by atoms with E-state index in [4.69, 9.17) is 4.74 Å². The third-order valence-electron chi connectivity index (χ3n) is 3.31. The number of carbonyl (C=O) groups is 1. The van der Waals surface area contributed by atoms with Crippen LogP contribution in [0.5, 0.6) is 0 Å². The Balaban J connectivity index is 2.67. The minimum atomic E-state index is -0.733. The number of nitrogens with one attached hydrogen (secondary N) is 2. The van der Waals surface area contributed by atoms with Crippen molar-refractivity contribution < 1.29 is 9.53 Å². The van der Waals surface area contributed by atoms with Crippen LogP contribution >= 0.6 is 11.8 Å². The van der Waals surface area contributed by atoms with Gasteiger partial charge in [-0.2, -0.15) is 0 Å². The molecule has 0 radical (unpaired) electrons. The number of aromatic nitrogens is 2. The summed E-state index contributed by atoms with van der Waals surface area (Å²) in [5.41, 5.74) is -0.0725. The molecule has 0 saturated carbocycles. The third-order valence-corrected chi connectivity index (χ3v) is 4.18. The van der Waals surface area contributed by atoms with Crippen LogP contribution in [0.15, 0.2) is 16.0 Å². The van der Waals surface area contributed by atoms with Gasteiger partial charge in [-0.3, -0.25) is 9.59 Å². The Bertz CT molecular complexity index is 532. The van der Waals surface area contributed by atoms with Gasteiger partial charge in [0.15, 0.2) is 5.16 Å². The van der Waals surface area contributed by atoms with Gasteiger partial charge in [-0.05, 0) is 26.8 Å². The van der Waals surface area contributed by atoms with Crippen molar-refractivity contribution >= 4 is 17.7 Å². The monoisotopic (exact) mass is 313 g/mol. The Kier molecular flexibility index (Phi) is 6.91. The lowest BCUT2D eigenvalue weighted by Crippen LogP contribution is -2.48. The van der Waals surface area contributed by atoms with E-state index in [-0.39, 0.29) is 11.5 Å². The second-order valence-electron chi connectivity index (χ2n) is 4.96. The summed E-state index contributed by atoms with van der Waals surface area (Å²) in [6.07, 6.45) is 2.30. The van der Waals surface area contributed by atoms with Crippen molar-refractivity contribution in [2.45, 2.75) is 43.8 Å². The number of rotatable bonds is 8. The van der Waals surface area contributed by atoms with E-state index in [1.54, 1.807) is 14.0 Å². The van der Waals surface area contributed by atoms with Gasteiger partial charge in [-0.1, -0.05) is 25.1 Å². The molecule has 0 aliphatic rings. The molecule has 0 aromatic carbocycles. The van der Waals surface area contributed by atoms with Crippen LogP contribution < -0.4 is 10.9 Å². The Morgan fingerprint density at radius 2 is 2.29 bits per heavy atom. The van der Waals surface area contributed by atoms with E-state index in [9.17, 15) is 9.59 Å². The molecule has 118 valence electrons. The number of aromatic amines is 1.